The zero-order valence-electron chi connectivity index (χ0n) is 14.1. The van der Waals surface area contributed by atoms with E-state index in [1.807, 2.05) is 6.92 Å². The van der Waals surface area contributed by atoms with Crippen molar-refractivity contribution >= 4 is 15.9 Å². The molecule has 1 N–H and O–H groups in total. The lowest BCUT2D eigenvalue weighted by Crippen LogP contribution is -2.47. The summed E-state index contributed by atoms with van der Waals surface area (Å²) in [5.41, 5.74) is 3.89. The van der Waals surface area contributed by atoms with E-state index in [9.17, 15) is 13.2 Å². The highest BCUT2D eigenvalue weighted by Gasteiger charge is 2.21. The van der Waals surface area contributed by atoms with Crippen LogP contribution >= 0.6 is 0 Å². The van der Waals surface area contributed by atoms with Gasteiger partial charge in [0.25, 0.3) is 0 Å². The minimum atomic E-state index is -3.11. The van der Waals surface area contributed by atoms with Crippen molar-refractivity contribution in [3.8, 4) is 0 Å². The maximum Gasteiger partial charge on any atom is 0.317 e. The number of carbonyl (C=O) groups is 1. The van der Waals surface area contributed by atoms with Crippen LogP contribution in [0.2, 0.25) is 0 Å². The van der Waals surface area contributed by atoms with Gasteiger partial charge < -0.3 is 10.2 Å². The number of rotatable bonds is 6. The smallest absolute Gasteiger partial charge is 0.317 e. The fourth-order valence-electron chi connectivity index (χ4n) is 3.20. The minimum absolute atomic E-state index is 0.0207. The van der Waals surface area contributed by atoms with Crippen molar-refractivity contribution in [2.75, 3.05) is 18.6 Å². The third-order valence-corrected chi connectivity index (χ3v) is 5.37. The summed E-state index contributed by atoms with van der Waals surface area (Å²) < 4.78 is 22.8. The van der Waals surface area contributed by atoms with E-state index in [2.05, 4.69) is 23.5 Å². The molecule has 0 bridgehead atoms. The van der Waals surface area contributed by atoms with Crippen molar-refractivity contribution in [3.05, 3.63) is 34.9 Å². The van der Waals surface area contributed by atoms with Gasteiger partial charge in [0.15, 0.2) is 0 Å². The number of nitrogens with one attached hydrogen (secondary N) is 1. The topological polar surface area (TPSA) is 66.5 Å². The van der Waals surface area contributed by atoms with Gasteiger partial charge in [-0.1, -0.05) is 18.2 Å². The van der Waals surface area contributed by atoms with E-state index in [0.717, 1.165) is 18.4 Å². The molecular formula is C17H26N2O3S. The molecule has 6 heteroatoms. The van der Waals surface area contributed by atoms with Gasteiger partial charge in [0.05, 0.1) is 5.75 Å². The molecule has 0 aromatic heterocycles. The van der Waals surface area contributed by atoms with E-state index in [1.165, 1.54) is 23.8 Å². The van der Waals surface area contributed by atoms with Crippen LogP contribution in [0.25, 0.3) is 0 Å². The molecule has 1 aliphatic rings. The zero-order valence-corrected chi connectivity index (χ0v) is 14.9. The van der Waals surface area contributed by atoms with Crippen LogP contribution in [0.1, 0.15) is 37.0 Å². The molecular weight excluding hydrogens is 312 g/mol. The van der Waals surface area contributed by atoms with Gasteiger partial charge in [-0.25, -0.2) is 13.2 Å². The van der Waals surface area contributed by atoms with Crippen LogP contribution in [0, 0.1) is 0 Å². The predicted molar refractivity (Wildman–Crippen MR) is 92.3 cm³/mol. The van der Waals surface area contributed by atoms with Gasteiger partial charge in [-0.15, -0.1) is 0 Å². The monoisotopic (exact) mass is 338 g/mol. The second kappa shape index (κ2) is 7.34. The van der Waals surface area contributed by atoms with Gasteiger partial charge in [-0.05, 0) is 49.8 Å². The summed E-state index contributed by atoms with van der Waals surface area (Å²) in [6.45, 7) is 4.56. The van der Waals surface area contributed by atoms with Crippen molar-refractivity contribution in [2.45, 2.75) is 45.7 Å². The first-order chi connectivity index (χ1) is 10.8. The molecule has 2 amide bonds. The SMILES string of the molecule is CCN(C(=O)NCc1ccc2c(c1)CCC2)[C@H](C)CS(C)(=O)=O. The molecule has 1 aromatic carbocycles. The van der Waals surface area contributed by atoms with Crippen molar-refractivity contribution in [1.29, 1.82) is 0 Å². The molecule has 2 rings (SSSR count). The van der Waals surface area contributed by atoms with Crippen LogP contribution in [0.4, 0.5) is 4.79 Å². The molecule has 0 saturated carbocycles. The molecule has 23 heavy (non-hydrogen) atoms. The molecule has 1 atom stereocenters. The summed E-state index contributed by atoms with van der Waals surface area (Å²) in [6.07, 6.45) is 4.66. The van der Waals surface area contributed by atoms with Gasteiger partial charge in [0.2, 0.25) is 0 Å². The molecule has 0 radical (unpaired) electrons. The lowest BCUT2D eigenvalue weighted by molar-refractivity contribution is 0.187. The Kier molecular flexibility index (Phi) is 5.68. The highest BCUT2D eigenvalue weighted by Crippen LogP contribution is 2.22. The average molecular weight is 338 g/mol. The Hall–Kier alpha value is -1.56. The van der Waals surface area contributed by atoms with E-state index in [0.29, 0.717) is 13.1 Å². The molecule has 0 aliphatic heterocycles. The number of benzene rings is 1. The second-order valence-corrected chi connectivity index (χ2v) is 8.53. The number of amides is 2. The molecule has 1 aliphatic carbocycles. The summed E-state index contributed by atoms with van der Waals surface area (Å²) in [7, 11) is -3.11. The molecule has 0 heterocycles. The van der Waals surface area contributed by atoms with Gasteiger partial charge in [0.1, 0.15) is 9.84 Å². The number of hydrogen-bond donors (Lipinski definition) is 1. The lowest BCUT2D eigenvalue weighted by Gasteiger charge is -2.27. The molecule has 0 unspecified atom stereocenters. The minimum Gasteiger partial charge on any atom is -0.334 e. The maximum absolute atomic E-state index is 12.3. The van der Waals surface area contributed by atoms with Crippen molar-refractivity contribution in [2.24, 2.45) is 0 Å². The third-order valence-electron chi connectivity index (χ3n) is 4.28. The summed E-state index contributed by atoms with van der Waals surface area (Å²) in [6, 6.07) is 5.81. The van der Waals surface area contributed by atoms with Gasteiger partial charge in [-0.2, -0.15) is 0 Å². The molecule has 0 saturated heterocycles. The largest absolute Gasteiger partial charge is 0.334 e. The van der Waals surface area contributed by atoms with Gasteiger partial charge in [-0.3, -0.25) is 0 Å². The zero-order chi connectivity index (χ0) is 17.0. The van der Waals surface area contributed by atoms with Crippen LogP contribution in [0.3, 0.4) is 0 Å². The average Bonchev–Trinajstić information content (AvgIpc) is 2.91. The first-order valence-corrected chi connectivity index (χ1v) is 10.2. The number of urea groups is 1. The first-order valence-electron chi connectivity index (χ1n) is 8.13. The third kappa shape index (κ3) is 4.96. The highest BCUT2D eigenvalue weighted by molar-refractivity contribution is 7.90. The Bertz CT molecular complexity index is 670. The molecule has 0 fully saturated rings. The van der Waals surface area contributed by atoms with Crippen LogP contribution in [-0.4, -0.2) is 43.9 Å². The quantitative estimate of drug-likeness (QED) is 0.864. The number of carbonyl (C=O) groups excluding carboxylic acids is 1. The maximum atomic E-state index is 12.3. The Morgan fingerprint density at radius 3 is 2.65 bits per heavy atom. The standard InChI is InChI=1S/C17H26N2O3S/c1-4-19(13(2)12-23(3,21)22)17(20)18-11-14-8-9-15-6-5-7-16(15)10-14/h8-10,13H,4-7,11-12H2,1-3H3,(H,18,20)/t13-/m1/s1. The Morgan fingerprint density at radius 2 is 2.00 bits per heavy atom. The fourth-order valence-corrected chi connectivity index (χ4v) is 4.25. The van der Waals surface area contributed by atoms with E-state index in [4.69, 9.17) is 0 Å². The molecule has 128 valence electrons. The molecule has 5 nitrogen and oxygen atoms in total. The van der Waals surface area contributed by atoms with Crippen LogP contribution in [0.5, 0.6) is 0 Å². The van der Waals surface area contributed by atoms with E-state index < -0.39 is 9.84 Å². The highest BCUT2D eigenvalue weighted by atomic mass is 32.2. The van der Waals surface area contributed by atoms with Crippen molar-refractivity contribution < 1.29 is 13.2 Å². The normalized spacial score (nSPS) is 15.1. The van der Waals surface area contributed by atoms with E-state index in [1.54, 1.807) is 11.8 Å². The van der Waals surface area contributed by atoms with Gasteiger partial charge in [0, 0.05) is 25.4 Å². The van der Waals surface area contributed by atoms with Crippen LogP contribution < -0.4 is 5.32 Å². The van der Waals surface area contributed by atoms with Gasteiger partial charge >= 0.3 is 6.03 Å². The fraction of sp³-hybridized carbons (Fsp3) is 0.588. The Labute approximate surface area is 139 Å². The number of aryl methyl sites for hydroxylation is 2. The summed E-state index contributed by atoms with van der Waals surface area (Å²) in [4.78, 5) is 13.9. The second-order valence-electron chi connectivity index (χ2n) is 6.34. The van der Waals surface area contributed by atoms with Crippen molar-refractivity contribution in [3.63, 3.8) is 0 Å². The summed E-state index contributed by atoms with van der Waals surface area (Å²) >= 11 is 0. The first kappa shape index (κ1) is 17.8. The number of sulfone groups is 1. The predicted octanol–water partition coefficient (Wildman–Crippen LogP) is 2.14. The number of hydrogen-bond acceptors (Lipinski definition) is 3. The van der Waals surface area contributed by atoms with E-state index in [-0.39, 0.29) is 17.8 Å². The number of fused-ring (bicyclic) bond motifs is 1. The van der Waals surface area contributed by atoms with Crippen molar-refractivity contribution in [1.82, 2.24) is 10.2 Å². The number of nitrogens with zero attached hydrogens (tertiary/aromatic N) is 1. The Balaban J connectivity index is 1.94. The molecule has 0 spiro atoms. The lowest BCUT2D eigenvalue weighted by atomic mass is 10.1. The van der Waals surface area contributed by atoms with Crippen LogP contribution in [-0.2, 0) is 29.2 Å². The summed E-state index contributed by atoms with van der Waals surface area (Å²) in [5, 5.41) is 2.90. The van der Waals surface area contributed by atoms with Crippen LogP contribution in [0.15, 0.2) is 18.2 Å². The van der Waals surface area contributed by atoms with E-state index >= 15 is 0 Å². The Morgan fingerprint density at radius 1 is 1.30 bits per heavy atom. The molecule has 1 aromatic rings. The summed E-state index contributed by atoms with van der Waals surface area (Å²) in [5.74, 6) is -0.0207.